The Morgan fingerprint density at radius 1 is 1.47 bits per heavy atom. The smallest absolute Gasteiger partial charge is 0.260 e. The molecule has 0 spiro atoms. The molecule has 0 saturated heterocycles. The van der Waals surface area contributed by atoms with E-state index in [1.54, 1.807) is 6.20 Å². The van der Waals surface area contributed by atoms with Crippen molar-refractivity contribution in [1.82, 2.24) is 4.98 Å². The van der Waals surface area contributed by atoms with Gasteiger partial charge in [-0.1, -0.05) is 22.0 Å². The number of rotatable bonds is 3. The molecule has 1 heterocycles. The molecule has 1 aromatic carbocycles. The number of hydrogen-bond acceptors (Lipinski definition) is 4. The van der Waals surface area contributed by atoms with Gasteiger partial charge in [-0.05, 0) is 29.5 Å². The summed E-state index contributed by atoms with van der Waals surface area (Å²) in [4.78, 5) is 4.96. The molecule has 0 radical (unpaired) electrons. The van der Waals surface area contributed by atoms with Gasteiger partial charge in [0.05, 0.1) is 12.8 Å². The lowest BCUT2D eigenvalue weighted by molar-refractivity contribution is 0.279. The molecule has 0 aliphatic rings. The van der Waals surface area contributed by atoms with Crippen molar-refractivity contribution in [3.05, 3.63) is 40.7 Å². The van der Waals surface area contributed by atoms with Crippen molar-refractivity contribution in [2.45, 2.75) is 16.7 Å². The number of oxazole rings is 1. The van der Waals surface area contributed by atoms with Crippen molar-refractivity contribution < 1.29 is 9.52 Å². The van der Waals surface area contributed by atoms with Gasteiger partial charge in [0, 0.05) is 9.37 Å². The highest BCUT2D eigenvalue weighted by molar-refractivity contribution is 9.10. The number of aliphatic hydroxyl groups is 1. The molecule has 78 valence electrons. The highest BCUT2D eigenvalue weighted by Gasteiger charge is 2.07. The van der Waals surface area contributed by atoms with E-state index in [4.69, 9.17) is 9.52 Å². The van der Waals surface area contributed by atoms with Gasteiger partial charge in [0.1, 0.15) is 6.26 Å². The summed E-state index contributed by atoms with van der Waals surface area (Å²) in [6.45, 7) is 0.0102. The molecule has 0 atom stereocenters. The van der Waals surface area contributed by atoms with Gasteiger partial charge in [0.2, 0.25) is 0 Å². The van der Waals surface area contributed by atoms with E-state index in [1.165, 1.54) is 18.0 Å². The average molecular weight is 286 g/mol. The van der Waals surface area contributed by atoms with E-state index >= 15 is 0 Å². The third kappa shape index (κ3) is 2.62. The molecule has 5 heteroatoms. The standard InChI is InChI=1S/C10H8BrNO2S/c11-8-2-1-7(6-13)9(5-8)15-10-12-3-4-14-10/h1-5,13H,6H2. The zero-order valence-corrected chi connectivity index (χ0v) is 10.1. The van der Waals surface area contributed by atoms with E-state index < -0.39 is 0 Å². The summed E-state index contributed by atoms with van der Waals surface area (Å²) in [5, 5.41) is 9.73. The van der Waals surface area contributed by atoms with Crippen LogP contribution in [-0.4, -0.2) is 10.1 Å². The minimum atomic E-state index is 0.0102. The molecule has 0 fully saturated rings. The zero-order chi connectivity index (χ0) is 10.7. The second-order valence-electron chi connectivity index (χ2n) is 2.81. The Balaban J connectivity index is 2.30. The van der Waals surface area contributed by atoms with Gasteiger partial charge in [0.15, 0.2) is 0 Å². The van der Waals surface area contributed by atoms with Gasteiger partial charge >= 0.3 is 0 Å². The van der Waals surface area contributed by atoms with E-state index in [0.717, 1.165) is 14.9 Å². The summed E-state index contributed by atoms with van der Waals surface area (Å²) in [6.07, 6.45) is 3.12. The molecule has 1 aromatic heterocycles. The molecule has 0 bridgehead atoms. The fourth-order valence-electron chi connectivity index (χ4n) is 1.11. The quantitative estimate of drug-likeness (QED) is 0.941. The molecule has 0 unspecified atom stereocenters. The van der Waals surface area contributed by atoms with Gasteiger partial charge < -0.3 is 9.52 Å². The molecular weight excluding hydrogens is 278 g/mol. The molecule has 0 saturated carbocycles. The zero-order valence-electron chi connectivity index (χ0n) is 7.68. The van der Waals surface area contributed by atoms with Crippen LogP contribution >= 0.6 is 27.7 Å². The molecule has 1 N–H and O–H groups in total. The maximum absolute atomic E-state index is 9.16. The van der Waals surface area contributed by atoms with Crippen LogP contribution in [-0.2, 0) is 6.61 Å². The first kappa shape index (κ1) is 10.7. The monoisotopic (exact) mass is 285 g/mol. The van der Waals surface area contributed by atoms with Gasteiger partial charge in [-0.15, -0.1) is 0 Å². The predicted molar refractivity (Wildman–Crippen MR) is 60.7 cm³/mol. The van der Waals surface area contributed by atoms with Crippen LogP contribution < -0.4 is 0 Å². The Morgan fingerprint density at radius 3 is 3.00 bits per heavy atom. The van der Waals surface area contributed by atoms with E-state index in [-0.39, 0.29) is 6.61 Å². The fourth-order valence-corrected chi connectivity index (χ4v) is 2.48. The Hall–Kier alpha value is -0.780. The normalized spacial score (nSPS) is 10.5. The Kier molecular flexibility index (Phi) is 3.45. The summed E-state index contributed by atoms with van der Waals surface area (Å²) >= 11 is 4.78. The molecular formula is C10H8BrNO2S. The summed E-state index contributed by atoms with van der Waals surface area (Å²) in [5.74, 6) is 0. The van der Waals surface area contributed by atoms with Crippen LogP contribution in [0.5, 0.6) is 0 Å². The third-order valence-electron chi connectivity index (χ3n) is 1.81. The number of aromatic nitrogens is 1. The van der Waals surface area contributed by atoms with Crippen LogP contribution in [0.1, 0.15) is 5.56 Å². The average Bonchev–Trinajstić information content (AvgIpc) is 2.71. The molecule has 15 heavy (non-hydrogen) atoms. The SMILES string of the molecule is OCc1ccc(Br)cc1Sc1ncco1. The summed E-state index contributed by atoms with van der Waals surface area (Å²) < 4.78 is 6.10. The van der Waals surface area contributed by atoms with E-state index in [1.807, 2.05) is 18.2 Å². The largest absolute Gasteiger partial charge is 0.440 e. The van der Waals surface area contributed by atoms with Crippen molar-refractivity contribution in [1.29, 1.82) is 0 Å². The molecule has 0 aliphatic carbocycles. The molecule has 2 rings (SSSR count). The van der Waals surface area contributed by atoms with E-state index in [9.17, 15) is 0 Å². The van der Waals surface area contributed by atoms with Gasteiger partial charge in [-0.25, -0.2) is 4.98 Å². The van der Waals surface area contributed by atoms with Crippen LogP contribution in [0.4, 0.5) is 0 Å². The summed E-state index contributed by atoms with van der Waals surface area (Å²) in [6, 6.07) is 5.70. The number of hydrogen-bond donors (Lipinski definition) is 1. The van der Waals surface area contributed by atoms with Gasteiger partial charge in [-0.2, -0.15) is 0 Å². The van der Waals surface area contributed by atoms with Crippen LogP contribution in [0, 0.1) is 0 Å². The van der Waals surface area contributed by atoms with Crippen LogP contribution in [0.3, 0.4) is 0 Å². The van der Waals surface area contributed by atoms with Crippen LogP contribution in [0.15, 0.2) is 49.7 Å². The number of aliphatic hydroxyl groups excluding tert-OH is 1. The van der Waals surface area contributed by atoms with Crippen LogP contribution in [0.25, 0.3) is 0 Å². The van der Waals surface area contributed by atoms with E-state index in [0.29, 0.717) is 5.22 Å². The maximum atomic E-state index is 9.16. The lowest BCUT2D eigenvalue weighted by Crippen LogP contribution is -1.87. The van der Waals surface area contributed by atoms with Crippen molar-refractivity contribution in [2.75, 3.05) is 0 Å². The fraction of sp³-hybridized carbons (Fsp3) is 0.100. The molecule has 0 aliphatic heterocycles. The predicted octanol–water partition coefficient (Wildman–Crippen LogP) is 3.08. The third-order valence-corrected chi connectivity index (χ3v) is 3.28. The van der Waals surface area contributed by atoms with Crippen molar-refractivity contribution in [3.63, 3.8) is 0 Å². The minimum Gasteiger partial charge on any atom is -0.440 e. The summed E-state index contributed by atoms with van der Waals surface area (Å²) in [7, 11) is 0. The van der Waals surface area contributed by atoms with Crippen molar-refractivity contribution in [2.24, 2.45) is 0 Å². The number of halogens is 1. The maximum Gasteiger partial charge on any atom is 0.260 e. The molecule has 3 nitrogen and oxygen atoms in total. The Labute approximate surface area is 99.7 Å². The topological polar surface area (TPSA) is 46.3 Å². The molecule has 2 aromatic rings. The highest BCUT2D eigenvalue weighted by atomic mass is 79.9. The number of benzene rings is 1. The lowest BCUT2D eigenvalue weighted by Gasteiger charge is -2.04. The Bertz CT molecular complexity index is 445. The Morgan fingerprint density at radius 2 is 2.33 bits per heavy atom. The van der Waals surface area contributed by atoms with Crippen molar-refractivity contribution in [3.8, 4) is 0 Å². The second kappa shape index (κ2) is 4.83. The highest BCUT2D eigenvalue weighted by Crippen LogP contribution is 2.31. The summed E-state index contributed by atoms with van der Waals surface area (Å²) in [5.41, 5.74) is 0.862. The van der Waals surface area contributed by atoms with Crippen LogP contribution in [0.2, 0.25) is 0 Å². The number of nitrogens with zero attached hydrogens (tertiary/aromatic N) is 1. The first-order chi connectivity index (χ1) is 7.29. The molecule has 0 amide bonds. The van der Waals surface area contributed by atoms with Crippen molar-refractivity contribution >= 4 is 27.7 Å². The van der Waals surface area contributed by atoms with E-state index in [2.05, 4.69) is 20.9 Å². The minimum absolute atomic E-state index is 0.0102. The second-order valence-corrected chi connectivity index (χ2v) is 4.72. The van der Waals surface area contributed by atoms with Gasteiger partial charge in [-0.3, -0.25) is 0 Å². The van der Waals surface area contributed by atoms with Gasteiger partial charge in [0.25, 0.3) is 5.22 Å². The lowest BCUT2D eigenvalue weighted by atomic mass is 10.2. The first-order valence-electron chi connectivity index (χ1n) is 4.26. The first-order valence-corrected chi connectivity index (χ1v) is 5.87.